The van der Waals surface area contributed by atoms with Crippen LogP contribution in [0.25, 0.3) is 0 Å². The first kappa shape index (κ1) is 14.0. The molecule has 0 unspecified atom stereocenters. The molecule has 2 aliphatic heterocycles. The quantitative estimate of drug-likeness (QED) is 0.844. The first-order valence-electron chi connectivity index (χ1n) is 8.08. The standard InChI is InChI=1S/C17H26N2O/c1-14-13-15(6-9-18-14)4-5-16-3-2-10-19(16)17-7-11-20-12-8-17/h6,9,13,16-17H,2-5,7-8,10-12H2,1H3/t16-/m0/s1. The van der Waals surface area contributed by atoms with Gasteiger partial charge in [0, 0.05) is 37.2 Å². The molecule has 0 radical (unpaired) electrons. The maximum Gasteiger partial charge on any atom is 0.0480 e. The number of likely N-dealkylation sites (tertiary alicyclic amines) is 1. The Balaban J connectivity index is 1.55. The van der Waals surface area contributed by atoms with Crippen molar-refractivity contribution in [1.29, 1.82) is 0 Å². The van der Waals surface area contributed by atoms with Gasteiger partial charge in [0.1, 0.15) is 0 Å². The molecule has 0 bridgehead atoms. The van der Waals surface area contributed by atoms with Gasteiger partial charge in [0.05, 0.1) is 0 Å². The maximum absolute atomic E-state index is 5.50. The summed E-state index contributed by atoms with van der Waals surface area (Å²) in [6, 6.07) is 5.95. The highest BCUT2D eigenvalue weighted by atomic mass is 16.5. The van der Waals surface area contributed by atoms with Crippen molar-refractivity contribution in [3.8, 4) is 0 Å². The van der Waals surface area contributed by atoms with Gasteiger partial charge in [0.25, 0.3) is 0 Å². The Morgan fingerprint density at radius 2 is 2.15 bits per heavy atom. The minimum Gasteiger partial charge on any atom is -0.381 e. The highest BCUT2D eigenvalue weighted by molar-refractivity contribution is 5.15. The molecule has 0 aliphatic carbocycles. The van der Waals surface area contributed by atoms with Crippen molar-refractivity contribution in [1.82, 2.24) is 9.88 Å². The van der Waals surface area contributed by atoms with Gasteiger partial charge >= 0.3 is 0 Å². The van der Waals surface area contributed by atoms with Crippen molar-refractivity contribution >= 4 is 0 Å². The number of ether oxygens (including phenoxy) is 1. The lowest BCUT2D eigenvalue weighted by molar-refractivity contribution is 0.0282. The Morgan fingerprint density at radius 1 is 1.30 bits per heavy atom. The molecule has 3 heteroatoms. The van der Waals surface area contributed by atoms with Gasteiger partial charge in [-0.2, -0.15) is 0 Å². The van der Waals surface area contributed by atoms with Crippen molar-refractivity contribution in [2.45, 2.75) is 57.5 Å². The number of hydrogen-bond acceptors (Lipinski definition) is 3. The van der Waals surface area contributed by atoms with Crippen LogP contribution < -0.4 is 0 Å². The zero-order valence-corrected chi connectivity index (χ0v) is 12.6. The molecule has 110 valence electrons. The lowest BCUT2D eigenvalue weighted by Crippen LogP contribution is -2.42. The van der Waals surface area contributed by atoms with E-state index >= 15 is 0 Å². The number of nitrogens with zero attached hydrogens (tertiary/aromatic N) is 2. The fourth-order valence-electron chi connectivity index (χ4n) is 3.76. The number of pyridine rings is 1. The highest BCUT2D eigenvalue weighted by Gasteiger charge is 2.31. The van der Waals surface area contributed by atoms with Crippen LogP contribution in [-0.2, 0) is 11.2 Å². The molecule has 0 aromatic carbocycles. The monoisotopic (exact) mass is 274 g/mol. The van der Waals surface area contributed by atoms with E-state index in [1.54, 1.807) is 0 Å². The normalized spacial score (nSPS) is 25.1. The van der Waals surface area contributed by atoms with E-state index in [0.29, 0.717) is 0 Å². The predicted octanol–water partition coefficient (Wildman–Crippen LogP) is 2.97. The lowest BCUT2D eigenvalue weighted by atomic mass is 10.0. The molecule has 20 heavy (non-hydrogen) atoms. The maximum atomic E-state index is 5.50. The summed E-state index contributed by atoms with van der Waals surface area (Å²) in [5.74, 6) is 0. The smallest absolute Gasteiger partial charge is 0.0480 e. The van der Waals surface area contributed by atoms with Crippen molar-refractivity contribution in [3.63, 3.8) is 0 Å². The van der Waals surface area contributed by atoms with E-state index in [9.17, 15) is 0 Å². The molecule has 3 heterocycles. The second-order valence-electron chi connectivity index (χ2n) is 6.22. The van der Waals surface area contributed by atoms with Crippen LogP contribution in [0.2, 0.25) is 0 Å². The third-order valence-electron chi connectivity index (χ3n) is 4.81. The van der Waals surface area contributed by atoms with Crippen LogP contribution in [-0.4, -0.2) is 41.7 Å². The number of aromatic nitrogens is 1. The summed E-state index contributed by atoms with van der Waals surface area (Å²) in [7, 11) is 0. The average Bonchev–Trinajstić information content (AvgIpc) is 2.95. The summed E-state index contributed by atoms with van der Waals surface area (Å²) >= 11 is 0. The number of aryl methyl sites for hydroxylation is 2. The number of rotatable bonds is 4. The van der Waals surface area contributed by atoms with Crippen molar-refractivity contribution in [2.24, 2.45) is 0 Å². The summed E-state index contributed by atoms with van der Waals surface area (Å²) in [6.45, 7) is 5.28. The first-order valence-corrected chi connectivity index (χ1v) is 8.08. The zero-order chi connectivity index (χ0) is 13.8. The Hall–Kier alpha value is -0.930. The topological polar surface area (TPSA) is 25.4 Å². The Kier molecular flexibility index (Phi) is 4.69. The van der Waals surface area contributed by atoms with Gasteiger partial charge in [-0.15, -0.1) is 0 Å². The molecule has 1 atom stereocenters. The van der Waals surface area contributed by atoms with E-state index in [-0.39, 0.29) is 0 Å². The van der Waals surface area contributed by atoms with Crippen LogP contribution in [0, 0.1) is 6.92 Å². The van der Waals surface area contributed by atoms with Gasteiger partial charge in [0.15, 0.2) is 0 Å². The van der Waals surface area contributed by atoms with Gasteiger partial charge < -0.3 is 4.74 Å². The summed E-state index contributed by atoms with van der Waals surface area (Å²) in [5, 5.41) is 0. The number of hydrogen-bond donors (Lipinski definition) is 0. The molecule has 2 fully saturated rings. The largest absolute Gasteiger partial charge is 0.381 e. The Morgan fingerprint density at radius 3 is 2.95 bits per heavy atom. The Bertz CT molecular complexity index is 429. The first-order chi connectivity index (χ1) is 9.83. The van der Waals surface area contributed by atoms with Gasteiger partial charge in [-0.1, -0.05) is 0 Å². The fourth-order valence-corrected chi connectivity index (χ4v) is 3.76. The third-order valence-corrected chi connectivity index (χ3v) is 4.81. The molecular formula is C17H26N2O. The summed E-state index contributed by atoms with van der Waals surface area (Å²) in [6.07, 6.45) is 9.62. The molecule has 0 spiro atoms. The third kappa shape index (κ3) is 3.39. The zero-order valence-electron chi connectivity index (χ0n) is 12.6. The van der Waals surface area contributed by atoms with Crippen molar-refractivity contribution < 1.29 is 4.74 Å². The SMILES string of the molecule is Cc1cc(CC[C@@H]2CCCN2C2CCOCC2)ccn1. The summed E-state index contributed by atoms with van der Waals surface area (Å²) in [4.78, 5) is 7.06. The average molecular weight is 274 g/mol. The van der Waals surface area contributed by atoms with E-state index < -0.39 is 0 Å². The molecule has 2 saturated heterocycles. The van der Waals surface area contributed by atoms with Crippen molar-refractivity contribution in [2.75, 3.05) is 19.8 Å². The lowest BCUT2D eigenvalue weighted by Gasteiger charge is -2.35. The van der Waals surface area contributed by atoms with Gasteiger partial charge in [0.2, 0.25) is 0 Å². The second-order valence-corrected chi connectivity index (χ2v) is 6.22. The van der Waals surface area contributed by atoms with E-state index in [4.69, 9.17) is 4.74 Å². The van der Waals surface area contributed by atoms with E-state index in [1.807, 2.05) is 6.20 Å². The van der Waals surface area contributed by atoms with Crippen LogP contribution in [0.4, 0.5) is 0 Å². The fraction of sp³-hybridized carbons (Fsp3) is 0.706. The second kappa shape index (κ2) is 6.68. The molecule has 3 nitrogen and oxygen atoms in total. The van der Waals surface area contributed by atoms with Crippen LogP contribution in [0.5, 0.6) is 0 Å². The molecule has 0 N–H and O–H groups in total. The van der Waals surface area contributed by atoms with E-state index in [2.05, 4.69) is 28.9 Å². The van der Waals surface area contributed by atoms with Gasteiger partial charge in [-0.25, -0.2) is 0 Å². The summed E-state index contributed by atoms with van der Waals surface area (Å²) < 4.78 is 5.50. The molecule has 0 saturated carbocycles. The molecule has 1 aromatic heterocycles. The minimum absolute atomic E-state index is 0.774. The van der Waals surface area contributed by atoms with E-state index in [0.717, 1.165) is 31.0 Å². The summed E-state index contributed by atoms with van der Waals surface area (Å²) in [5.41, 5.74) is 2.58. The minimum atomic E-state index is 0.774. The van der Waals surface area contributed by atoms with E-state index in [1.165, 1.54) is 50.6 Å². The van der Waals surface area contributed by atoms with Crippen LogP contribution in [0.1, 0.15) is 43.4 Å². The van der Waals surface area contributed by atoms with Crippen LogP contribution in [0.3, 0.4) is 0 Å². The van der Waals surface area contributed by atoms with Gasteiger partial charge in [-0.05, 0) is 69.7 Å². The highest BCUT2D eigenvalue weighted by Crippen LogP contribution is 2.28. The van der Waals surface area contributed by atoms with Crippen LogP contribution >= 0.6 is 0 Å². The molecule has 1 aromatic rings. The van der Waals surface area contributed by atoms with Crippen molar-refractivity contribution in [3.05, 3.63) is 29.6 Å². The predicted molar refractivity (Wildman–Crippen MR) is 80.9 cm³/mol. The molecule has 0 amide bonds. The molecule has 2 aliphatic rings. The van der Waals surface area contributed by atoms with Gasteiger partial charge in [-0.3, -0.25) is 9.88 Å². The molecular weight excluding hydrogens is 248 g/mol. The molecule has 3 rings (SSSR count). The van der Waals surface area contributed by atoms with Crippen LogP contribution in [0.15, 0.2) is 18.3 Å². The Labute approximate surface area is 122 Å².